The van der Waals surface area contributed by atoms with Crippen molar-refractivity contribution in [2.45, 2.75) is 6.54 Å². The normalized spacial score (nSPS) is 14.1. The molecule has 164 valence electrons. The maximum absolute atomic E-state index is 13.5. The molecule has 32 heavy (non-hydrogen) atoms. The number of amides is 1. The van der Waals surface area contributed by atoms with E-state index in [1.165, 1.54) is 5.56 Å². The van der Waals surface area contributed by atoms with E-state index in [-0.39, 0.29) is 5.91 Å². The monoisotopic (exact) mass is 430 g/mol. The van der Waals surface area contributed by atoms with E-state index >= 15 is 0 Å². The number of methoxy groups -OCH3 is 2. The molecular weight excluding hydrogens is 404 g/mol. The molecule has 1 fully saturated rings. The summed E-state index contributed by atoms with van der Waals surface area (Å²) in [7, 11) is 3.15. The SMILES string of the molecule is COc1ccc(-n2ccc(C#N)c2C(=O)N2CCN(Cc3ccccc3)CC2)cc1OC. The van der Waals surface area contributed by atoms with E-state index in [0.29, 0.717) is 35.8 Å². The summed E-state index contributed by atoms with van der Waals surface area (Å²) in [6, 6.07) is 19.6. The van der Waals surface area contributed by atoms with Gasteiger partial charge < -0.3 is 18.9 Å². The summed E-state index contributed by atoms with van der Waals surface area (Å²) in [6.45, 7) is 3.69. The van der Waals surface area contributed by atoms with Crippen molar-refractivity contribution in [2.75, 3.05) is 40.4 Å². The number of rotatable bonds is 6. The fourth-order valence-electron chi connectivity index (χ4n) is 4.03. The highest BCUT2D eigenvalue weighted by atomic mass is 16.5. The van der Waals surface area contributed by atoms with Gasteiger partial charge in [0.05, 0.1) is 19.8 Å². The van der Waals surface area contributed by atoms with Gasteiger partial charge in [0.2, 0.25) is 0 Å². The molecule has 1 aromatic heterocycles. The standard InChI is InChI=1S/C25H26N4O3/c1-31-22-9-8-21(16-23(22)32-2)29-11-10-20(17-26)24(29)25(30)28-14-12-27(13-15-28)18-19-6-4-3-5-7-19/h3-11,16H,12-15,18H2,1-2H3. The van der Waals surface area contributed by atoms with Crippen LogP contribution in [0.3, 0.4) is 0 Å². The average molecular weight is 431 g/mol. The summed E-state index contributed by atoms with van der Waals surface area (Å²) in [5.41, 5.74) is 2.73. The van der Waals surface area contributed by atoms with Gasteiger partial charge in [-0.1, -0.05) is 30.3 Å². The second-order valence-corrected chi connectivity index (χ2v) is 7.65. The van der Waals surface area contributed by atoms with Gasteiger partial charge in [-0.15, -0.1) is 0 Å². The van der Waals surface area contributed by atoms with E-state index in [1.807, 2.05) is 29.2 Å². The molecule has 0 aliphatic carbocycles. The molecular formula is C25H26N4O3. The zero-order chi connectivity index (χ0) is 22.5. The van der Waals surface area contributed by atoms with E-state index in [4.69, 9.17) is 9.47 Å². The van der Waals surface area contributed by atoms with Gasteiger partial charge in [0.1, 0.15) is 11.8 Å². The summed E-state index contributed by atoms with van der Waals surface area (Å²) >= 11 is 0. The average Bonchev–Trinajstić information content (AvgIpc) is 3.28. The van der Waals surface area contributed by atoms with Crippen LogP contribution in [0.2, 0.25) is 0 Å². The molecule has 2 heterocycles. The van der Waals surface area contributed by atoms with Crippen LogP contribution in [-0.2, 0) is 6.54 Å². The second kappa shape index (κ2) is 9.58. The maximum Gasteiger partial charge on any atom is 0.272 e. The van der Waals surface area contributed by atoms with Gasteiger partial charge in [-0.05, 0) is 23.8 Å². The lowest BCUT2D eigenvalue weighted by atomic mass is 10.1. The molecule has 2 aromatic carbocycles. The third kappa shape index (κ3) is 4.32. The molecule has 0 spiro atoms. The van der Waals surface area contributed by atoms with Crippen molar-refractivity contribution in [2.24, 2.45) is 0 Å². The quantitative estimate of drug-likeness (QED) is 0.600. The highest BCUT2D eigenvalue weighted by molar-refractivity contribution is 5.96. The molecule has 0 saturated carbocycles. The minimum absolute atomic E-state index is 0.138. The van der Waals surface area contributed by atoms with E-state index < -0.39 is 0 Å². The Labute approximate surface area is 188 Å². The lowest BCUT2D eigenvalue weighted by molar-refractivity contribution is 0.0620. The van der Waals surface area contributed by atoms with Crippen molar-refractivity contribution in [3.8, 4) is 23.3 Å². The molecule has 1 saturated heterocycles. The number of ether oxygens (including phenoxy) is 2. The molecule has 7 nitrogen and oxygen atoms in total. The van der Waals surface area contributed by atoms with Crippen LogP contribution in [0.15, 0.2) is 60.8 Å². The predicted molar refractivity (Wildman–Crippen MR) is 121 cm³/mol. The fraction of sp³-hybridized carbons (Fsp3) is 0.280. The van der Waals surface area contributed by atoms with Crippen molar-refractivity contribution < 1.29 is 14.3 Å². The van der Waals surface area contributed by atoms with Gasteiger partial charge in [0.15, 0.2) is 11.5 Å². The number of carbonyl (C=O) groups excluding carboxylic acids is 1. The largest absolute Gasteiger partial charge is 0.493 e. The topological polar surface area (TPSA) is 70.7 Å². The number of piperazine rings is 1. The maximum atomic E-state index is 13.5. The Balaban J connectivity index is 1.53. The first-order valence-electron chi connectivity index (χ1n) is 10.5. The highest BCUT2D eigenvalue weighted by Gasteiger charge is 2.27. The molecule has 0 unspecified atom stereocenters. The molecule has 1 aliphatic heterocycles. The van der Waals surface area contributed by atoms with Crippen LogP contribution in [0.4, 0.5) is 0 Å². The van der Waals surface area contributed by atoms with Gasteiger partial charge in [-0.2, -0.15) is 5.26 Å². The van der Waals surface area contributed by atoms with Crippen LogP contribution in [-0.4, -0.2) is 60.7 Å². The van der Waals surface area contributed by atoms with Gasteiger partial charge in [-0.3, -0.25) is 9.69 Å². The van der Waals surface area contributed by atoms with Crippen LogP contribution in [0, 0.1) is 11.3 Å². The van der Waals surface area contributed by atoms with Gasteiger partial charge in [-0.25, -0.2) is 0 Å². The number of benzene rings is 2. The zero-order valence-electron chi connectivity index (χ0n) is 18.3. The second-order valence-electron chi connectivity index (χ2n) is 7.65. The first kappa shape index (κ1) is 21.5. The highest BCUT2D eigenvalue weighted by Crippen LogP contribution is 2.30. The third-order valence-corrected chi connectivity index (χ3v) is 5.76. The minimum atomic E-state index is -0.138. The third-order valence-electron chi connectivity index (χ3n) is 5.76. The Kier molecular flexibility index (Phi) is 6.43. The molecule has 4 rings (SSSR count). The van der Waals surface area contributed by atoms with E-state index in [2.05, 4.69) is 23.1 Å². The number of aromatic nitrogens is 1. The van der Waals surface area contributed by atoms with Crippen molar-refractivity contribution in [3.63, 3.8) is 0 Å². The first-order valence-corrected chi connectivity index (χ1v) is 10.5. The number of carbonyl (C=O) groups is 1. The zero-order valence-corrected chi connectivity index (χ0v) is 18.3. The fourth-order valence-corrected chi connectivity index (χ4v) is 4.03. The Hall–Kier alpha value is -3.76. The summed E-state index contributed by atoms with van der Waals surface area (Å²) in [6.07, 6.45) is 1.75. The summed E-state index contributed by atoms with van der Waals surface area (Å²) in [5, 5.41) is 9.63. The summed E-state index contributed by atoms with van der Waals surface area (Å²) in [4.78, 5) is 17.6. The van der Waals surface area contributed by atoms with E-state index in [9.17, 15) is 10.1 Å². The smallest absolute Gasteiger partial charge is 0.272 e. The van der Waals surface area contributed by atoms with Crippen LogP contribution >= 0.6 is 0 Å². The Morgan fingerprint density at radius 2 is 1.69 bits per heavy atom. The van der Waals surface area contributed by atoms with Crippen molar-refractivity contribution >= 4 is 5.91 Å². The lowest BCUT2D eigenvalue weighted by Crippen LogP contribution is -2.48. The number of hydrogen-bond acceptors (Lipinski definition) is 5. The van der Waals surface area contributed by atoms with E-state index in [1.54, 1.807) is 43.2 Å². The van der Waals surface area contributed by atoms with Crippen LogP contribution in [0.5, 0.6) is 11.5 Å². The predicted octanol–water partition coefficient (Wildman–Crippen LogP) is 3.32. The van der Waals surface area contributed by atoms with Gasteiger partial charge >= 0.3 is 0 Å². The van der Waals surface area contributed by atoms with Crippen molar-refractivity contribution in [3.05, 3.63) is 77.6 Å². The van der Waals surface area contributed by atoms with Crippen LogP contribution in [0.1, 0.15) is 21.6 Å². The van der Waals surface area contributed by atoms with Crippen LogP contribution in [0.25, 0.3) is 5.69 Å². The Morgan fingerprint density at radius 1 is 0.969 bits per heavy atom. The van der Waals surface area contributed by atoms with Gasteiger partial charge in [0.25, 0.3) is 5.91 Å². The molecule has 0 bridgehead atoms. The van der Waals surface area contributed by atoms with Crippen molar-refractivity contribution in [1.29, 1.82) is 5.26 Å². The molecule has 0 atom stereocenters. The molecule has 0 radical (unpaired) electrons. The summed E-state index contributed by atoms with van der Waals surface area (Å²) in [5.74, 6) is 1.03. The molecule has 7 heteroatoms. The Morgan fingerprint density at radius 3 is 2.34 bits per heavy atom. The van der Waals surface area contributed by atoms with Crippen LogP contribution < -0.4 is 9.47 Å². The molecule has 0 N–H and O–H groups in total. The Bertz CT molecular complexity index is 1130. The first-order chi connectivity index (χ1) is 15.6. The minimum Gasteiger partial charge on any atom is -0.493 e. The van der Waals surface area contributed by atoms with Crippen molar-refractivity contribution in [1.82, 2.24) is 14.4 Å². The van der Waals surface area contributed by atoms with E-state index in [0.717, 1.165) is 25.3 Å². The molecule has 1 aliphatic rings. The number of nitrogens with zero attached hydrogens (tertiary/aromatic N) is 4. The summed E-state index contributed by atoms with van der Waals surface area (Å²) < 4.78 is 12.5. The lowest BCUT2D eigenvalue weighted by Gasteiger charge is -2.35. The molecule has 1 amide bonds. The number of hydrogen-bond donors (Lipinski definition) is 0. The van der Waals surface area contributed by atoms with Gasteiger partial charge in [0, 0.05) is 50.7 Å². The number of nitriles is 1. The molecule has 3 aromatic rings.